The van der Waals surface area contributed by atoms with Crippen LogP contribution in [0.3, 0.4) is 0 Å². The van der Waals surface area contributed by atoms with Crippen molar-refractivity contribution in [3.63, 3.8) is 0 Å². The average Bonchev–Trinajstić information content (AvgIpc) is 2.38. The second-order valence-corrected chi connectivity index (χ2v) is 4.56. The van der Waals surface area contributed by atoms with Crippen LogP contribution in [-0.2, 0) is 4.79 Å². The summed E-state index contributed by atoms with van der Waals surface area (Å²) in [6, 6.07) is -0.697. The van der Waals surface area contributed by atoms with E-state index in [0.29, 0.717) is 13.0 Å². The first-order chi connectivity index (χ1) is 9.11. The van der Waals surface area contributed by atoms with Gasteiger partial charge in [0.2, 0.25) is 5.91 Å². The molecule has 0 spiro atoms. The molecule has 19 heavy (non-hydrogen) atoms. The summed E-state index contributed by atoms with van der Waals surface area (Å²) in [7, 11) is 0. The lowest BCUT2D eigenvalue weighted by Gasteiger charge is -2.20. The van der Waals surface area contributed by atoms with Crippen LogP contribution in [0.4, 0.5) is 4.79 Å². The molecule has 3 amide bonds. The molecular weight excluding hydrogens is 242 g/mol. The molecule has 0 radical (unpaired) electrons. The average molecular weight is 269 g/mol. The van der Waals surface area contributed by atoms with Crippen molar-refractivity contribution in [2.24, 2.45) is 5.73 Å². The van der Waals surface area contributed by atoms with Crippen LogP contribution in [0.25, 0.3) is 0 Å². The van der Waals surface area contributed by atoms with Crippen LogP contribution in [0.5, 0.6) is 0 Å². The van der Waals surface area contributed by atoms with E-state index in [1.165, 1.54) is 24.3 Å². The number of hydrazine groups is 1. The summed E-state index contributed by atoms with van der Waals surface area (Å²) in [5.74, 6) is -0.0760. The molecule has 0 atom stereocenters. The van der Waals surface area contributed by atoms with Crippen molar-refractivity contribution in [1.29, 1.82) is 0 Å². The Morgan fingerprint density at radius 2 is 1.74 bits per heavy atom. The van der Waals surface area contributed by atoms with E-state index in [0.717, 1.165) is 25.7 Å². The third-order valence-corrected chi connectivity index (χ3v) is 2.91. The lowest BCUT2D eigenvalue weighted by molar-refractivity contribution is -0.133. The number of unbranched alkanes of at least 4 members (excludes halogenated alkanes) is 6. The number of primary amides is 1. The van der Waals surface area contributed by atoms with Gasteiger partial charge in [0.25, 0.3) is 0 Å². The molecule has 0 aliphatic rings. The minimum absolute atomic E-state index is 0.0760. The molecule has 0 aliphatic heterocycles. The van der Waals surface area contributed by atoms with Gasteiger partial charge in [0.05, 0.1) is 0 Å². The first-order valence-electron chi connectivity index (χ1n) is 7.09. The lowest BCUT2D eigenvalue weighted by Crippen LogP contribution is -2.48. The van der Waals surface area contributed by atoms with Gasteiger partial charge >= 0.3 is 6.03 Å². The fourth-order valence-corrected chi connectivity index (χ4v) is 1.86. The van der Waals surface area contributed by atoms with Crippen LogP contribution >= 0.6 is 0 Å². The molecule has 110 valence electrons. The maximum Gasteiger partial charge on any atom is 0.331 e. The standard InChI is InChI=1S/C14H27N3O2/c1-3-5-6-7-8-9-10-11-12-13(18)17(4-2)16-14(15)19/h3H,1,4-12H2,2H3,(H3,15,16,19). The number of urea groups is 1. The predicted molar refractivity (Wildman–Crippen MR) is 77.2 cm³/mol. The monoisotopic (exact) mass is 269 g/mol. The van der Waals surface area contributed by atoms with Gasteiger partial charge in [0.15, 0.2) is 0 Å². The Morgan fingerprint density at radius 1 is 1.16 bits per heavy atom. The van der Waals surface area contributed by atoms with Gasteiger partial charge in [-0.15, -0.1) is 6.58 Å². The van der Waals surface area contributed by atoms with Gasteiger partial charge in [0.1, 0.15) is 0 Å². The Morgan fingerprint density at radius 3 is 2.26 bits per heavy atom. The van der Waals surface area contributed by atoms with E-state index < -0.39 is 6.03 Å². The molecule has 0 saturated carbocycles. The Bertz CT molecular complexity index is 280. The predicted octanol–water partition coefficient (Wildman–Crippen LogP) is 2.72. The van der Waals surface area contributed by atoms with Gasteiger partial charge in [-0.3, -0.25) is 9.80 Å². The van der Waals surface area contributed by atoms with Crippen LogP contribution in [0.1, 0.15) is 58.3 Å². The van der Waals surface area contributed by atoms with Crippen molar-refractivity contribution < 1.29 is 9.59 Å². The number of allylic oxidation sites excluding steroid dienone is 1. The summed E-state index contributed by atoms with van der Waals surface area (Å²) in [5.41, 5.74) is 7.31. The summed E-state index contributed by atoms with van der Waals surface area (Å²) in [5, 5.41) is 1.27. The molecule has 0 unspecified atom stereocenters. The van der Waals surface area contributed by atoms with Crippen molar-refractivity contribution in [3.8, 4) is 0 Å². The van der Waals surface area contributed by atoms with E-state index in [9.17, 15) is 9.59 Å². The number of nitrogens with zero attached hydrogens (tertiary/aromatic N) is 1. The first-order valence-corrected chi connectivity index (χ1v) is 7.09. The topological polar surface area (TPSA) is 75.4 Å². The molecule has 0 saturated heterocycles. The number of nitrogens with two attached hydrogens (primary N) is 1. The van der Waals surface area contributed by atoms with Crippen molar-refractivity contribution in [2.75, 3.05) is 6.54 Å². The second-order valence-electron chi connectivity index (χ2n) is 4.56. The van der Waals surface area contributed by atoms with E-state index in [1.807, 2.05) is 6.08 Å². The third kappa shape index (κ3) is 10.1. The van der Waals surface area contributed by atoms with Crippen LogP contribution in [-0.4, -0.2) is 23.5 Å². The van der Waals surface area contributed by atoms with Gasteiger partial charge in [-0.05, 0) is 26.2 Å². The summed E-state index contributed by atoms with van der Waals surface area (Å²) in [4.78, 5) is 22.4. The largest absolute Gasteiger partial charge is 0.350 e. The van der Waals surface area contributed by atoms with Gasteiger partial charge in [-0.25, -0.2) is 10.2 Å². The Balaban J connectivity index is 3.56. The maximum absolute atomic E-state index is 11.7. The summed E-state index contributed by atoms with van der Waals surface area (Å²) < 4.78 is 0. The minimum atomic E-state index is -0.697. The van der Waals surface area contributed by atoms with Crippen LogP contribution in [0.2, 0.25) is 0 Å². The van der Waals surface area contributed by atoms with E-state index in [4.69, 9.17) is 5.73 Å². The van der Waals surface area contributed by atoms with E-state index in [2.05, 4.69) is 12.0 Å². The molecule has 0 fully saturated rings. The molecule has 3 N–H and O–H groups in total. The highest BCUT2D eigenvalue weighted by molar-refractivity contribution is 5.80. The quantitative estimate of drug-likeness (QED) is 0.363. The number of carbonyl (C=O) groups is 2. The number of hydrogen-bond donors (Lipinski definition) is 2. The highest BCUT2D eigenvalue weighted by Gasteiger charge is 2.11. The zero-order chi connectivity index (χ0) is 14.5. The molecular formula is C14H27N3O2. The van der Waals surface area contributed by atoms with E-state index in [1.54, 1.807) is 6.92 Å². The zero-order valence-electron chi connectivity index (χ0n) is 12.0. The number of hydrogen-bond acceptors (Lipinski definition) is 2. The Kier molecular flexibility index (Phi) is 10.6. The number of nitrogens with one attached hydrogen (secondary N) is 1. The van der Waals surface area contributed by atoms with Gasteiger partial charge in [-0.2, -0.15) is 0 Å². The first kappa shape index (κ1) is 17.5. The number of amides is 3. The van der Waals surface area contributed by atoms with Crippen LogP contribution in [0, 0.1) is 0 Å². The summed E-state index contributed by atoms with van der Waals surface area (Å²) >= 11 is 0. The Hall–Kier alpha value is -1.52. The maximum atomic E-state index is 11.7. The molecule has 0 aromatic carbocycles. The fourth-order valence-electron chi connectivity index (χ4n) is 1.86. The van der Waals surface area contributed by atoms with Crippen molar-refractivity contribution >= 4 is 11.9 Å². The molecule has 0 aromatic heterocycles. The number of rotatable bonds is 10. The minimum Gasteiger partial charge on any atom is -0.350 e. The SMILES string of the molecule is C=CCCCCCCCCC(=O)N(CC)NC(N)=O. The van der Waals surface area contributed by atoms with Gasteiger partial charge in [0, 0.05) is 13.0 Å². The van der Waals surface area contributed by atoms with Crippen molar-refractivity contribution in [2.45, 2.75) is 58.3 Å². The molecule has 0 aromatic rings. The van der Waals surface area contributed by atoms with Crippen LogP contribution in [0.15, 0.2) is 12.7 Å². The second kappa shape index (κ2) is 11.6. The molecule has 0 heterocycles. The van der Waals surface area contributed by atoms with Gasteiger partial charge < -0.3 is 5.73 Å². The summed E-state index contributed by atoms with van der Waals surface area (Å²) in [6.45, 7) is 5.92. The van der Waals surface area contributed by atoms with Crippen molar-refractivity contribution in [1.82, 2.24) is 10.4 Å². The highest BCUT2D eigenvalue weighted by Crippen LogP contribution is 2.09. The fraction of sp³-hybridized carbons (Fsp3) is 0.714. The molecule has 0 aliphatic carbocycles. The van der Waals surface area contributed by atoms with E-state index >= 15 is 0 Å². The molecule has 5 nitrogen and oxygen atoms in total. The van der Waals surface area contributed by atoms with Crippen molar-refractivity contribution in [3.05, 3.63) is 12.7 Å². The number of carbonyl (C=O) groups excluding carboxylic acids is 2. The van der Waals surface area contributed by atoms with Crippen LogP contribution < -0.4 is 11.2 Å². The lowest BCUT2D eigenvalue weighted by atomic mass is 10.1. The third-order valence-electron chi connectivity index (χ3n) is 2.91. The highest BCUT2D eigenvalue weighted by atomic mass is 16.2. The zero-order valence-corrected chi connectivity index (χ0v) is 12.0. The van der Waals surface area contributed by atoms with E-state index in [-0.39, 0.29) is 5.91 Å². The normalized spacial score (nSPS) is 9.95. The van der Waals surface area contributed by atoms with Gasteiger partial charge in [-0.1, -0.05) is 31.8 Å². The molecule has 5 heteroatoms. The smallest absolute Gasteiger partial charge is 0.331 e. The summed E-state index contributed by atoms with van der Waals surface area (Å²) in [6.07, 6.45) is 10.2. The Labute approximate surface area is 116 Å². The molecule has 0 bridgehead atoms. The molecule has 0 rings (SSSR count).